The molecule has 1 amide bonds. The number of carbonyl (C=O) groups is 1. The molecular weight excluding hydrogens is 478 g/mol. The second kappa shape index (κ2) is 10.9. The number of nitro groups is 1. The summed E-state index contributed by atoms with van der Waals surface area (Å²) in [6.45, 7) is 5.78. The van der Waals surface area contributed by atoms with Crippen LogP contribution in [0.25, 0.3) is 0 Å². The molecule has 2 aromatic rings. The number of aromatic nitrogens is 2. The van der Waals surface area contributed by atoms with Crippen LogP contribution in [-0.4, -0.2) is 54.6 Å². The second-order valence-electron chi connectivity index (χ2n) is 7.16. The second-order valence-corrected chi connectivity index (χ2v) is 11.3. The Morgan fingerprint density at radius 2 is 2.06 bits per heavy atom. The largest absolute Gasteiger partial charge is 0.495 e. The number of nitrogens with one attached hydrogen (secondary N) is 1. The van der Waals surface area contributed by atoms with Gasteiger partial charge in [-0.15, -0.1) is 10.2 Å². The van der Waals surface area contributed by atoms with E-state index in [0.29, 0.717) is 10.3 Å². The Balaban J connectivity index is 2.39. The van der Waals surface area contributed by atoms with Gasteiger partial charge in [0.15, 0.2) is 4.34 Å². The van der Waals surface area contributed by atoms with Crippen molar-refractivity contribution in [3.63, 3.8) is 0 Å². The Kier molecular flexibility index (Phi) is 8.81. The lowest BCUT2D eigenvalue weighted by atomic mass is 10.1. The van der Waals surface area contributed by atoms with E-state index in [1.165, 1.54) is 42.3 Å². The smallest absolute Gasteiger partial charge is 0.271 e. The number of anilines is 2. The van der Waals surface area contributed by atoms with Gasteiger partial charge in [0.25, 0.3) is 5.69 Å². The summed E-state index contributed by atoms with van der Waals surface area (Å²) < 4.78 is 32.1. The lowest BCUT2D eigenvalue weighted by molar-refractivity contribution is -0.384. The number of sulfonamides is 1. The van der Waals surface area contributed by atoms with Crippen molar-refractivity contribution in [2.75, 3.05) is 28.7 Å². The van der Waals surface area contributed by atoms with Gasteiger partial charge in [0, 0.05) is 17.9 Å². The Morgan fingerprint density at radius 3 is 2.59 bits per heavy atom. The Hall–Kier alpha value is -2.45. The van der Waals surface area contributed by atoms with Crippen LogP contribution in [-0.2, 0) is 14.8 Å². The number of carbonyl (C=O) groups excluding carboxylic acids is 1. The van der Waals surface area contributed by atoms with Crippen LogP contribution in [0.3, 0.4) is 0 Å². The normalized spacial score (nSPS) is 12.4. The highest BCUT2D eigenvalue weighted by Gasteiger charge is 2.35. The molecule has 11 nitrogen and oxygen atoms in total. The van der Waals surface area contributed by atoms with Crippen molar-refractivity contribution in [1.82, 2.24) is 10.2 Å². The molecule has 0 aliphatic rings. The van der Waals surface area contributed by atoms with Crippen LogP contribution in [0.2, 0.25) is 0 Å². The predicted molar refractivity (Wildman–Crippen MR) is 125 cm³/mol. The fraction of sp³-hybridized carbons (Fsp3) is 0.500. The van der Waals surface area contributed by atoms with Crippen LogP contribution in [0.1, 0.15) is 27.2 Å². The van der Waals surface area contributed by atoms with Crippen molar-refractivity contribution in [2.45, 2.75) is 37.6 Å². The van der Waals surface area contributed by atoms with Crippen LogP contribution in [0, 0.1) is 16.0 Å². The van der Waals surface area contributed by atoms with Crippen LogP contribution in [0.4, 0.5) is 16.5 Å². The minimum absolute atomic E-state index is 0.0792. The zero-order chi connectivity index (χ0) is 24.1. The van der Waals surface area contributed by atoms with Gasteiger partial charge in [-0.05, 0) is 18.4 Å². The molecule has 0 unspecified atom stereocenters. The Morgan fingerprint density at radius 1 is 1.38 bits per heavy atom. The molecule has 0 radical (unpaired) electrons. The summed E-state index contributed by atoms with van der Waals surface area (Å²) >= 11 is 2.70. The van der Waals surface area contributed by atoms with E-state index in [4.69, 9.17) is 4.74 Å². The molecule has 1 aromatic heterocycles. The number of non-ortho nitro benzene ring substituents is 1. The van der Waals surface area contributed by atoms with E-state index in [1.54, 1.807) is 6.92 Å². The van der Waals surface area contributed by atoms with Gasteiger partial charge < -0.3 is 4.74 Å². The van der Waals surface area contributed by atoms with E-state index in [9.17, 15) is 23.3 Å². The molecule has 32 heavy (non-hydrogen) atoms. The summed E-state index contributed by atoms with van der Waals surface area (Å²) in [6, 6.07) is 2.36. The summed E-state index contributed by atoms with van der Waals surface area (Å²) in [6.07, 6.45) is 1.02. The highest BCUT2D eigenvalue weighted by atomic mass is 32.2. The zero-order valence-corrected chi connectivity index (χ0v) is 20.7. The number of hydrogen-bond donors (Lipinski definition) is 1. The van der Waals surface area contributed by atoms with Crippen LogP contribution >= 0.6 is 23.1 Å². The van der Waals surface area contributed by atoms with E-state index in [2.05, 4.69) is 29.4 Å². The monoisotopic (exact) mass is 503 g/mol. The van der Waals surface area contributed by atoms with E-state index in [-0.39, 0.29) is 28.7 Å². The molecule has 1 heterocycles. The maximum Gasteiger partial charge on any atom is 0.271 e. The molecule has 0 spiro atoms. The van der Waals surface area contributed by atoms with Gasteiger partial charge >= 0.3 is 0 Å². The quantitative estimate of drug-likeness (QED) is 0.211. The highest BCUT2D eigenvalue weighted by molar-refractivity contribution is 8.01. The average Bonchev–Trinajstić information content (AvgIpc) is 3.16. The molecule has 1 N–H and O–H groups in total. The first kappa shape index (κ1) is 25.8. The lowest BCUT2D eigenvalue weighted by Crippen LogP contribution is -2.47. The maximum absolute atomic E-state index is 13.0. The van der Waals surface area contributed by atoms with Gasteiger partial charge in [-0.25, -0.2) is 8.42 Å². The number of nitrogens with zero attached hydrogens (tertiary/aromatic N) is 4. The van der Waals surface area contributed by atoms with Crippen molar-refractivity contribution in [2.24, 2.45) is 5.92 Å². The number of ether oxygens (including phenoxy) is 1. The summed E-state index contributed by atoms with van der Waals surface area (Å²) in [5.41, 5.74) is -0.433. The number of nitro benzene ring substituents is 1. The van der Waals surface area contributed by atoms with Gasteiger partial charge in [-0.2, -0.15) is 0 Å². The van der Waals surface area contributed by atoms with Gasteiger partial charge in [0.05, 0.1) is 18.3 Å². The molecular formula is C18H25N5O6S3. The van der Waals surface area contributed by atoms with Crippen molar-refractivity contribution in [1.29, 1.82) is 0 Å². The fourth-order valence-corrected chi connectivity index (χ4v) is 5.68. The van der Waals surface area contributed by atoms with Gasteiger partial charge in [0.1, 0.15) is 17.5 Å². The summed E-state index contributed by atoms with van der Waals surface area (Å²) in [5.74, 6) is 0.743. The molecule has 0 bridgehead atoms. The fourth-order valence-electron chi connectivity index (χ4n) is 2.74. The first-order valence-corrected chi connectivity index (χ1v) is 13.2. The van der Waals surface area contributed by atoms with Gasteiger partial charge in [-0.3, -0.25) is 24.5 Å². The van der Waals surface area contributed by atoms with Gasteiger partial charge in [0.2, 0.25) is 21.1 Å². The topological polar surface area (TPSA) is 145 Å². The molecule has 1 aromatic carbocycles. The number of thioether (sulfide) groups is 1. The number of amides is 1. The van der Waals surface area contributed by atoms with E-state index in [0.717, 1.165) is 22.4 Å². The number of hydrogen-bond acceptors (Lipinski definition) is 10. The third kappa shape index (κ3) is 6.53. The Bertz CT molecular complexity index is 1070. The van der Waals surface area contributed by atoms with Crippen LogP contribution < -0.4 is 14.4 Å². The number of methoxy groups -OCH3 is 1. The first-order chi connectivity index (χ1) is 15.0. The Labute approximate surface area is 194 Å². The van der Waals surface area contributed by atoms with Crippen molar-refractivity contribution < 1.29 is 22.9 Å². The van der Waals surface area contributed by atoms with E-state index < -0.39 is 26.9 Å². The van der Waals surface area contributed by atoms with Crippen LogP contribution in [0.15, 0.2) is 22.5 Å². The molecule has 0 saturated carbocycles. The molecule has 0 fully saturated rings. The molecule has 0 aliphatic carbocycles. The highest BCUT2D eigenvalue weighted by Crippen LogP contribution is 2.36. The molecule has 0 aliphatic heterocycles. The van der Waals surface area contributed by atoms with Crippen molar-refractivity contribution in [3.8, 4) is 5.75 Å². The zero-order valence-electron chi connectivity index (χ0n) is 18.3. The van der Waals surface area contributed by atoms with E-state index in [1.807, 2.05) is 0 Å². The minimum atomic E-state index is -4.02. The average molecular weight is 504 g/mol. The first-order valence-electron chi connectivity index (χ1n) is 9.56. The molecule has 0 saturated heterocycles. The minimum Gasteiger partial charge on any atom is -0.495 e. The standard InChI is InChI=1S/C18H25N5O6S3/c1-6-13(16(24)19-17-20-21-18(31-17)30-10-11(2)3)22(32(5,27)28)14-9-12(23(25)26)7-8-15(14)29-4/h7-9,11,13H,6,10H2,1-5H3,(H,19,20,24)/t13-/m0/s1. The number of benzene rings is 1. The van der Waals surface area contributed by atoms with E-state index >= 15 is 0 Å². The predicted octanol–water partition coefficient (Wildman–Crippen LogP) is 3.39. The molecule has 14 heteroatoms. The molecule has 1 atom stereocenters. The third-order valence-electron chi connectivity index (χ3n) is 4.12. The lowest BCUT2D eigenvalue weighted by Gasteiger charge is -2.30. The summed E-state index contributed by atoms with van der Waals surface area (Å²) in [7, 11) is -2.71. The SMILES string of the molecule is CC[C@@H](C(=O)Nc1nnc(SCC(C)C)s1)N(c1cc([N+](=O)[O-])ccc1OC)S(C)(=O)=O. The molecule has 176 valence electrons. The van der Waals surface area contributed by atoms with Gasteiger partial charge in [-0.1, -0.05) is 43.9 Å². The number of rotatable bonds is 11. The van der Waals surface area contributed by atoms with Crippen molar-refractivity contribution in [3.05, 3.63) is 28.3 Å². The molecule has 2 rings (SSSR count). The maximum atomic E-state index is 13.0. The summed E-state index contributed by atoms with van der Waals surface area (Å²) in [5, 5.41) is 22.1. The van der Waals surface area contributed by atoms with Crippen LogP contribution in [0.5, 0.6) is 5.75 Å². The summed E-state index contributed by atoms with van der Waals surface area (Å²) in [4.78, 5) is 23.6. The third-order valence-corrected chi connectivity index (χ3v) is 7.68. The van der Waals surface area contributed by atoms with Crippen molar-refractivity contribution >= 4 is 55.5 Å².